The summed E-state index contributed by atoms with van der Waals surface area (Å²) in [6, 6.07) is 4.46. The van der Waals surface area contributed by atoms with E-state index in [4.69, 9.17) is 9.26 Å². The molecule has 0 aliphatic heterocycles. The van der Waals surface area contributed by atoms with Crippen LogP contribution >= 0.6 is 0 Å². The van der Waals surface area contributed by atoms with Gasteiger partial charge in [-0.25, -0.2) is 4.39 Å². The van der Waals surface area contributed by atoms with E-state index in [2.05, 4.69) is 29.3 Å². The Balaban J connectivity index is 2.08. The third-order valence-electron chi connectivity index (χ3n) is 2.71. The topological polar surface area (TPSA) is 60.2 Å². The molecule has 0 fully saturated rings. The molecule has 0 spiro atoms. The summed E-state index contributed by atoms with van der Waals surface area (Å²) < 4.78 is 23.4. The first-order chi connectivity index (χ1) is 9.60. The molecule has 108 valence electrons. The second-order valence-electron chi connectivity index (χ2n) is 4.89. The number of halogens is 1. The largest absolute Gasteiger partial charge is 0.494 e. The van der Waals surface area contributed by atoms with Crippen LogP contribution in [0.2, 0.25) is 0 Å². The van der Waals surface area contributed by atoms with Crippen LogP contribution in [0.15, 0.2) is 22.7 Å². The van der Waals surface area contributed by atoms with Gasteiger partial charge in [-0.1, -0.05) is 19.0 Å². The van der Waals surface area contributed by atoms with Gasteiger partial charge in [-0.3, -0.25) is 0 Å². The van der Waals surface area contributed by atoms with Crippen LogP contribution in [-0.2, 0) is 6.54 Å². The standard InChI is InChI=1S/C14H18FN3O2/c1-9(2)7-16-8-13-17-14(18-20-13)10-4-5-11(15)12(6-10)19-3/h4-6,9,16H,7-8H2,1-3H3. The summed E-state index contributed by atoms with van der Waals surface area (Å²) >= 11 is 0. The average Bonchev–Trinajstić information content (AvgIpc) is 2.87. The summed E-state index contributed by atoms with van der Waals surface area (Å²) in [4.78, 5) is 4.26. The molecule has 1 N–H and O–H groups in total. The maximum Gasteiger partial charge on any atom is 0.240 e. The van der Waals surface area contributed by atoms with Crippen molar-refractivity contribution in [1.82, 2.24) is 15.5 Å². The van der Waals surface area contributed by atoms with Crippen LogP contribution in [0.3, 0.4) is 0 Å². The molecule has 2 aromatic rings. The van der Waals surface area contributed by atoms with Gasteiger partial charge in [0.2, 0.25) is 11.7 Å². The van der Waals surface area contributed by atoms with Gasteiger partial charge in [0.1, 0.15) is 0 Å². The van der Waals surface area contributed by atoms with E-state index in [9.17, 15) is 4.39 Å². The molecule has 1 heterocycles. The van der Waals surface area contributed by atoms with Gasteiger partial charge in [-0.15, -0.1) is 0 Å². The van der Waals surface area contributed by atoms with Gasteiger partial charge >= 0.3 is 0 Å². The predicted octanol–water partition coefficient (Wildman–Crippen LogP) is 2.63. The number of hydrogen-bond donors (Lipinski definition) is 1. The van der Waals surface area contributed by atoms with Gasteiger partial charge in [-0.05, 0) is 30.7 Å². The quantitative estimate of drug-likeness (QED) is 0.880. The van der Waals surface area contributed by atoms with Crippen molar-refractivity contribution in [3.63, 3.8) is 0 Å². The first-order valence-corrected chi connectivity index (χ1v) is 6.47. The first-order valence-electron chi connectivity index (χ1n) is 6.47. The van der Waals surface area contributed by atoms with Crippen molar-refractivity contribution in [2.24, 2.45) is 5.92 Å². The van der Waals surface area contributed by atoms with E-state index in [0.29, 0.717) is 29.7 Å². The Labute approximate surface area is 117 Å². The molecule has 2 rings (SSSR count). The van der Waals surface area contributed by atoms with Crippen LogP contribution in [-0.4, -0.2) is 23.8 Å². The van der Waals surface area contributed by atoms with Crippen molar-refractivity contribution in [3.8, 4) is 17.1 Å². The second-order valence-corrected chi connectivity index (χ2v) is 4.89. The number of rotatable bonds is 6. The molecule has 1 aromatic heterocycles. The van der Waals surface area contributed by atoms with Crippen LogP contribution in [0.25, 0.3) is 11.4 Å². The third kappa shape index (κ3) is 3.54. The van der Waals surface area contributed by atoms with Gasteiger partial charge in [0.15, 0.2) is 11.6 Å². The first kappa shape index (κ1) is 14.5. The molecule has 5 nitrogen and oxygen atoms in total. The zero-order valence-electron chi connectivity index (χ0n) is 11.8. The van der Waals surface area contributed by atoms with E-state index < -0.39 is 5.82 Å². The second kappa shape index (κ2) is 6.47. The fourth-order valence-corrected chi connectivity index (χ4v) is 1.71. The Morgan fingerprint density at radius 1 is 1.40 bits per heavy atom. The van der Waals surface area contributed by atoms with Crippen molar-refractivity contribution in [1.29, 1.82) is 0 Å². The van der Waals surface area contributed by atoms with Crippen molar-refractivity contribution in [2.45, 2.75) is 20.4 Å². The molecular formula is C14H18FN3O2. The predicted molar refractivity (Wildman–Crippen MR) is 72.8 cm³/mol. The monoisotopic (exact) mass is 279 g/mol. The molecule has 1 aromatic carbocycles. The molecule has 0 atom stereocenters. The van der Waals surface area contributed by atoms with E-state index in [1.54, 1.807) is 12.1 Å². The van der Waals surface area contributed by atoms with Gasteiger partial charge < -0.3 is 14.6 Å². The number of hydrogen-bond acceptors (Lipinski definition) is 5. The van der Waals surface area contributed by atoms with E-state index in [0.717, 1.165) is 6.54 Å². The Kier molecular flexibility index (Phi) is 4.68. The lowest BCUT2D eigenvalue weighted by Gasteiger charge is -2.03. The van der Waals surface area contributed by atoms with E-state index >= 15 is 0 Å². The van der Waals surface area contributed by atoms with E-state index in [1.165, 1.54) is 13.2 Å². The summed E-state index contributed by atoms with van der Waals surface area (Å²) in [6.45, 7) is 5.64. The van der Waals surface area contributed by atoms with Gasteiger partial charge in [0.05, 0.1) is 13.7 Å². The molecule has 0 saturated carbocycles. The lowest BCUT2D eigenvalue weighted by atomic mass is 10.2. The fourth-order valence-electron chi connectivity index (χ4n) is 1.71. The van der Waals surface area contributed by atoms with Crippen LogP contribution in [0.1, 0.15) is 19.7 Å². The highest BCUT2D eigenvalue weighted by Gasteiger charge is 2.11. The third-order valence-corrected chi connectivity index (χ3v) is 2.71. The molecule has 0 amide bonds. The zero-order valence-corrected chi connectivity index (χ0v) is 11.8. The number of ether oxygens (including phenoxy) is 1. The highest BCUT2D eigenvalue weighted by Crippen LogP contribution is 2.24. The maximum absolute atomic E-state index is 13.3. The molecule has 20 heavy (non-hydrogen) atoms. The van der Waals surface area contributed by atoms with Crippen LogP contribution in [0, 0.1) is 11.7 Å². The number of methoxy groups -OCH3 is 1. The van der Waals surface area contributed by atoms with Crippen molar-refractivity contribution in [3.05, 3.63) is 29.9 Å². The van der Waals surface area contributed by atoms with Gasteiger partial charge in [-0.2, -0.15) is 4.98 Å². The molecule has 0 unspecified atom stereocenters. The Bertz CT molecular complexity index is 569. The normalized spacial score (nSPS) is 11.1. The summed E-state index contributed by atoms with van der Waals surface area (Å²) in [5, 5.41) is 7.10. The molecule has 0 saturated heterocycles. The van der Waals surface area contributed by atoms with Crippen LogP contribution in [0.5, 0.6) is 5.75 Å². The molecular weight excluding hydrogens is 261 g/mol. The van der Waals surface area contributed by atoms with Crippen molar-refractivity contribution < 1.29 is 13.7 Å². The molecule has 0 bridgehead atoms. The number of nitrogens with one attached hydrogen (secondary N) is 1. The lowest BCUT2D eigenvalue weighted by Crippen LogP contribution is -2.19. The zero-order chi connectivity index (χ0) is 14.5. The minimum Gasteiger partial charge on any atom is -0.494 e. The van der Waals surface area contributed by atoms with E-state index in [1.807, 2.05) is 0 Å². The molecule has 6 heteroatoms. The summed E-state index contributed by atoms with van der Waals surface area (Å²) in [5.41, 5.74) is 0.655. The summed E-state index contributed by atoms with van der Waals surface area (Å²) in [5.74, 6) is 1.22. The Morgan fingerprint density at radius 2 is 2.20 bits per heavy atom. The molecule has 0 aliphatic rings. The lowest BCUT2D eigenvalue weighted by molar-refractivity contribution is 0.364. The number of aromatic nitrogens is 2. The number of nitrogens with zero attached hydrogens (tertiary/aromatic N) is 2. The van der Waals surface area contributed by atoms with E-state index in [-0.39, 0.29) is 5.75 Å². The smallest absolute Gasteiger partial charge is 0.240 e. The molecule has 0 radical (unpaired) electrons. The van der Waals surface area contributed by atoms with Crippen molar-refractivity contribution in [2.75, 3.05) is 13.7 Å². The molecule has 0 aliphatic carbocycles. The highest BCUT2D eigenvalue weighted by atomic mass is 19.1. The summed E-state index contributed by atoms with van der Waals surface area (Å²) in [6.07, 6.45) is 0. The van der Waals surface area contributed by atoms with Gasteiger partial charge in [0, 0.05) is 5.56 Å². The minimum absolute atomic E-state index is 0.159. The fraction of sp³-hybridized carbons (Fsp3) is 0.429. The van der Waals surface area contributed by atoms with Crippen LogP contribution < -0.4 is 10.1 Å². The SMILES string of the molecule is COc1cc(-c2noc(CNCC(C)C)n2)ccc1F. The van der Waals surface area contributed by atoms with Crippen molar-refractivity contribution >= 4 is 0 Å². The Hall–Kier alpha value is -1.95. The minimum atomic E-state index is -0.418. The summed E-state index contributed by atoms with van der Waals surface area (Å²) in [7, 11) is 1.42. The maximum atomic E-state index is 13.3. The number of benzene rings is 1. The van der Waals surface area contributed by atoms with Gasteiger partial charge in [0.25, 0.3) is 0 Å². The van der Waals surface area contributed by atoms with Crippen LogP contribution in [0.4, 0.5) is 4.39 Å². The Morgan fingerprint density at radius 3 is 2.90 bits per heavy atom. The average molecular weight is 279 g/mol. The highest BCUT2D eigenvalue weighted by molar-refractivity contribution is 5.57.